The van der Waals surface area contributed by atoms with E-state index in [4.69, 9.17) is 9.47 Å². The lowest BCUT2D eigenvalue weighted by atomic mass is 10.0. The Bertz CT molecular complexity index is 742. The first kappa shape index (κ1) is 42.1. The first-order valence-corrected chi connectivity index (χ1v) is 18.0. The van der Waals surface area contributed by atoms with Crippen molar-refractivity contribution in [2.24, 2.45) is 5.92 Å². The molecule has 2 atom stereocenters. The zero-order valence-electron chi connectivity index (χ0n) is 28.7. The van der Waals surface area contributed by atoms with Gasteiger partial charge in [-0.2, -0.15) is 0 Å². The lowest BCUT2D eigenvalue weighted by molar-refractivity contribution is -0.152. The van der Waals surface area contributed by atoms with Crippen molar-refractivity contribution in [2.75, 3.05) is 13.2 Å². The van der Waals surface area contributed by atoms with Gasteiger partial charge in [-0.3, -0.25) is 9.59 Å². The van der Waals surface area contributed by atoms with E-state index < -0.39 is 12.2 Å². The van der Waals surface area contributed by atoms with Crippen LogP contribution in [0.25, 0.3) is 0 Å². The highest BCUT2D eigenvalue weighted by molar-refractivity contribution is 5.69. The van der Waals surface area contributed by atoms with E-state index in [9.17, 15) is 19.8 Å². The largest absolute Gasteiger partial charge is 0.463 e. The molecule has 44 heavy (non-hydrogen) atoms. The molecule has 0 aliphatic rings. The van der Waals surface area contributed by atoms with E-state index in [0.717, 1.165) is 70.1 Å². The number of carbonyl (C=O) groups is 2. The fourth-order valence-electron chi connectivity index (χ4n) is 4.89. The van der Waals surface area contributed by atoms with Gasteiger partial charge in [0.05, 0.1) is 6.10 Å². The van der Waals surface area contributed by atoms with Crippen molar-refractivity contribution in [2.45, 2.75) is 174 Å². The van der Waals surface area contributed by atoms with Crippen LogP contribution in [0.1, 0.15) is 162 Å². The first-order chi connectivity index (χ1) is 21.3. The highest BCUT2D eigenvalue weighted by atomic mass is 16.6. The van der Waals surface area contributed by atoms with Crippen LogP contribution in [0, 0.1) is 5.92 Å². The second-order valence-electron chi connectivity index (χ2n) is 12.6. The van der Waals surface area contributed by atoms with Crippen molar-refractivity contribution < 1.29 is 29.3 Å². The summed E-state index contributed by atoms with van der Waals surface area (Å²) in [6.45, 7) is 6.39. The molecule has 0 aromatic rings. The fraction of sp³-hybridized carbons (Fsp3) is 0.789. The average Bonchev–Trinajstić information content (AvgIpc) is 3.00. The van der Waals surface area contributed by atoms with Gasteiger partial charge in [-0.1, -0.05) is 147 Å². The summed E-state index contributed by atoms with van der Waals surface area (Å²) in [6, 6.07) is 0. The van der Waals surface area contributed by atoms with Gasteiger partial charge >= 0.3 is 11.9 Å². The smallest absolute Gasteiger partial charge is 0.305 e. The van der Waals surface area contributed by atoms with Crippen LogP contribution in [0.2, 0.25) is 0 Å². The van der Waals surface area contributed by atoms with Crippen LogP contribution in [0.15, 0.2) is 36.5 Å². The van der Waals surface area contributed by atoms with Crippen LogP contribution >= 0.6 is 0 Å². The standard InChI is InChI=1S/C38H68O6/c1-4-5-22-28-35(39)29-24-19-15-11-9-13-17-21-26-31-38(42)44-33-36(40)32-43-37(41)30-25-20-16-12-8-6-7-10-14-18-23-27-34(2)3/h5,15,19,22,24,29,34-36,39-40H,4,6-14,16-18,20-21,23,25-28,30-33H2,1-3H3/b19-15+,22-5+,29-24+/t35?,36-/m0/s1. The fourth-order valence-corrected chi connectivity index (χ4v) is 4.89. The van der Waals surface area contributed by atoms with Gasteiger partial charge in [0, 0.05) is 12.8 Å². The van der Waals surface area contributed by atoms with Crippen molar-refractivity contribution in [3.63, 3.8) is 0 Å². The zero-order valence-corrected chi connectivity index (χ0v) is 28.7. The van der Waals surface area contributed by atoms with Crippen molar-refractivity contribution in [1.82, 2.24) is 0 Å². The molecule has 0 aromatic heterocycles. The average molecular weight is 621 g/mol. The summed E-state index contributed by atoms with van der Waals surface area (Å²) >= 11 is 0. The van der Waals surface area contributed by atoms with Crippen molar-refractivity contribution in [1.29, 1.82) is 0 Å². The normalized spacial score (nSPS) is 13.4. The number of carbonyl (C=O) groups excluding carboxylic acids is 2. The van der Waals surface area contributed by atoms with Crippen molar-refractivity contribution >= 4 is 11.9 Å². The quantitative estimate of drug-likeness (QED) is 0.0347. The third kappa shape index (κ3) is 33.0. The highest BCUT2D eigenvalue weighted by Crippen LogP contribution is 2.14. The van der Waals surface area contributed by atoms with Gasteiger partial charge in [0.15, 0.2) is 0 Å². The van der Waals surface area contributed by atoms with E-state index in [-0.39, 0.29) is 25.2 Å². The molecular weight excluding hydrogens is 552 g/mol. The van der Waals surface area contributed by atoms with Gasteiger partial charge in [0.2, 0.25) is 0 Å². The minimum Gasteiger partial charge on any atom is -0.463 e. The van der Waals surface area contributed by atoms with Crippen LogP contribution in [0.5, 0.6) is 0 Å². The van der Waals surface area contributed by atoms with E-state index in [1.54, 1.807) is 0 Å². The summed E-state index contributed by atoms with van der Waals surface area (Å²) in [5, 5.41) is 19.8. The molecule has 0 radical (unpaired) electrons. The molecule has 0 amide bonds. The number of aliphatic hydroxyl groups excluding tert-OH is 2. The van der Waals surface area contributed by atoms with Crippen LogP contribution in [0.3, 0.4) is 0 Å². The van der Waals surface area contributed by atoms with Crippen LogP contribution in [-0.2, 0) is 19.1 Å². The summed E-state index contributed by atoms with van der Waals surface area (Å²) in [7, 11) is 0. The Hall–Kier alpha value is -1.92. The molecule has 0 saturated heterocycles. The van der Waals surface area contributed by atoms with Gasteiger partial charge < -0.3 is 19.7 Å². The molecule has 0 aromatic carbocycles. The molecule has 0 rings (SSSR count). The number of allylic oxidation sites excluding steroid dienone is 4. The Morgan fingerprint density at radius 1 is 0.614 bits per heavy atom. The Labute approximate surface area is 270 Å². The van der Waals surface area contributed by atoms with Crippen LogP contribution in [-0.4, -0.2) is 47.6 Å². The summed E-state index contributed by atoms with van der Waals surface area (Å²) in [5.74, 6) is 0.212. The van der Waals surface area contributed by atoms with Crippen molar-refractivity contribution in [3.05, 3.63) is 36.5 Å². The van der Waals surface area contributed by atoms with Crippen LogP contribution in [0.4, 0.5) is 0 Å². The summed E-state index contributed by atoms with van der Waals surface area (Å²) < 4.78 is 10.3. The molecule has 0 aliphatic heterocycles. The van der Waals surface area contributed by atoms with Gasteiger partial charge in [0.1, 0.15) is 19.3 Å². The minimum absolute atomic E-state index is 0.134. The summed E-state index contributed by atoms with van der Waals surface area (Å²) in [4.78, 5) is 23.8. The zero-order chi connectivity index (χ0) is 32.5. The Morgan fingerprint density at radius 3 is 1.59 bits per heavy atom. The molecule has 0 spiro atoms. The third-order valence-electron chi connectivity index (χ3n) is 7.65. The molecular formula is C38H68O6. The lowest BCUT2D eigenvalue weighted by Gasteiger charge is -2.12. The Kier molecular flexibility index (Phi) is 31.1. The topological polar surface area (TPSA) is 93.1 Å². The number of hydrogen-bond donors (Lipinski definition) is 2. The van der Waals surface area contributed by atoms with E-state index >= 15 is 0 Å². The monoisotopic (exact) mass is 621 g/mol. The van der Waals surface area contributed by atoms with Crippen molar-refractivity contribution in [3.8, 4) is 0 Å². The third-order valence-corrected chi connectivity index (χ3v) is 7.65. The van der Waals surface area contributed by atoms with Gasteiger partial charge in [0.25, 0.3) is 0 Å². The second kappa shape index (κ2) is 32.5. The van der Waals surface area contributed by atoms with Gasteiger partial charge in [-0.25, -0.2) is 0 Å². The second-order valence-corrected chi connectivity index (χ2v) is 12.6. The Balaban J connectivity index is 3.52. The summed E-state index contributed by atoms with van der Waals surface area (Å²) in [6.07, 6.45) is 33.8. The van der Waals surface area contributed by atoms with E-state index in [1.807, 2.05) is 24.3 Å². The highest BCUT2D eigenvalue weighted by Gasteiger charge is 2.12. The lowest BCUT2D eigenvalue weighted by Crippen LogP contribution is -2.25. The number of hydrogen-bond acceptors (Lipinski definition) is 6. The molecule has 256 valence electrons. The molecule has 2 N–H and O–H groups in total. The van der Waals surface area contributed by atoms with E-state index in [0.29, 0.717) is 19.3 Å². The molecule has 0 fully saturated rings. The number of esters is 2. The predicted molar refractivity (Wildman–Crippen MR) is 183 cm³/mol. The van der Waals surface area contributed by atoms with Gasteiger partial charge in [-0.05, 0) is 44.4 Å². The van der Waals surface area contributed by atoms with E-state index in [1.165, 1.54) is 57.8 Å². The molecule has 6 heteroatoms. The number of ether oxygens (including phenoxy) is 2. The predicted octanol–water partition coefficient (Wildman–Crippen LogP) is 9.72. The molecule has 6 nitrogen and oxygen atoms in total. The molecule has 0 aliphatic carbocycles. The SMILES string of the molecule is CC/C=C/CC(O)/C=C/C=C/CCCCCCCC(=O)OC[C@@H](O)COC(=O)CCCCCCCCCCCCCC(C)C. The molecule has 0 bridgehead atoms. The van der Waals surface area contributed by atoms with Gasteiger partial charge in [-0.15, -0.1) is 0 Å². The number of rotatable bonds is 31. The van der Waals surface area contributed by atoms with Crippen LogP contribution < -0.4 is 0 Å². The molecule has 0 saturated carbocycles. The first-order valence-electron chi connectivity index (χ1n) is 18.0. The minimum atomic E-state index is -0.984. The maximum Gasteiger partial charge on any atom is 0.305 e. The maximum absolute atomic E-state index is 11.9. The number of aliphatic hydroxyl groups is 2. The molecule has 1 unspecified atom stereocenters. The molecule has 0 heterocycles. The Morgan fingerprint density at radius 2 is 1.09 bits per heavy atom. The number of unbranched alkanes of at least 4 members (excludes halogenated alkanes) is 15. The van der Waals surface area contributed by atoms with E-state index in [2.05, 4.69) is 32.9 Å². The maximum atomic E-state index is 11.9. The summed E-state index contributed by atoms with van der Waals surface area (Å²) in [5.41, 5.74) is 0.